The van der Waals surface area contributed by atoms with E-state index in [4.69, 9.17) is 30.5 Å². The van der Waals surface area contributed by atoms with E-state index in [9.17, 15) is 9.59 Å². The molecule has 2 aromatic carbocycles. The normalized spacial score (nSPS) is 13.3. The zero-order valence-corrected chi connectivity index (χ0v) is 19.8. The number of hydrogen-bond donors (Lipinski definition) is 2. The van der Waals surface area contributed by atoms with Crippen molar-refractivity contribution >= 4 is 34.8 Å². The van der Waals surface area contributed by atoms with Crippen LogP contribution in [0, 0.1) is 12.3 Å². The molecule has 1 aromatic heterocycles. The summed E-state index contributed by atoms with van der Waals surface area (Å²) < 4.78 is 26.6. The van der Waals surface area contributed by atoms with Crippen LogP contribution in [-0.2, 0) is 23.8 Å². The van der Waals surface area contributed by atoms with Crippen molar-refractivity contribution in [3.8, 4) is 23.8 Å². The Labute approximate surface area is 220 Å². The molecule has 1 aliphatic rings. The Morgan fingerprint density at radius 3 is 2.37 bits per heavy atom. The maximum Gasteiger partial charge on any atom is 0.331 e. The molecular formula is C27H29N3O8. The van der Waals surface area contributed by atoms with Gasteiger partial charge in [0.1, 0.15) is 31.6 Å². The molecule has 0 aliphatic carbocycles. The number of aromatic nitrogens is 2. The summed E-state index contributed by atoms with van der Waals surface area (Å²) in [7, 11) is 0. The predicted molar refractivity (Wildman–Crippen MR) is 140 cm³/mol. The van der Waals surface area contributed by atoms with E-state index < -0.39 is 5.97 Å². The SMILES string of the molecule is C.C#Cc1cccc(Nc2ncnc3cc4c(cc23)OCCOCCOCCO4)c1.O=CO/C=C\C(=O)O. The number of anilines is 2. The van der Waals surface area contributed by atoms with Crippen LogP contribution < -0.4 is 14.8 Å². The van der Waals surface area contributed by atoms with Crippen molar-refractivity contribution in [2.75, 3.05) is 45.0 Å². The number of fused-ring (bicyclic) bond motifs is 2. The molecule has 2 N–H and O–H groups in total. The van der Waals surface area contributed by atoms with E-state index in [2.05, 4.69) is 25.9 Å². The third kappa shape index (κ3) is 9.42. The molecule has 3 aromatic rings. The second-order valence-electron chi connectivity index (χ2n) is 7.18. The number of benzene rings is 2. The minimum Gasteiger partial charge on any atom is -0.487 e. The molecule has 0 radical (unpaired) electrons. The smallest absolute Gasteiger partial charge is 0.331 e. The first-order chi connectivity index (χ1) is 18.1. The highest BCUT2D eigenvalue weighted by molar-refractivity contribution is 5.93. The Bertz CT molecular complexity index is 1270. The molecule has 0 atom stereocenters. The Morgan fingerprint density at radius 2 is 1.71 bits per heavy atom. The first-order valence-electron chi connectivity index (χ1n) is 11.1. The molecule has 4 rings (SSSR count). The Hall–Kier alpha value is -4.66. The van der Waals surface area contributed by atoms with Gasteiger partial charge in [-0.15, -0.1) is 6.42 Å². The summed E-state index contributed by atoms with van der Waals surface area (Å²) in [5.74, 6) is 3.36. The van der Waals surface area contributed by atoms with Crippen molar-refractivity contribution in [3.05, 3.63) is 60.6 Å². The van der Waals surface area contributed by atoms with Crippen LogP contribution in [0.2, 0.25) is 0 Å². The molecule has 0 amide bonds. The molecule has 38 heavy (non-hydrogen) atoms. The molecule has 1 aliphatic heterocycles. The predicted octanol–water partition coefficient (Wildman–Crippen LogP) is 3.55. The molecule has 11 heteroatoms. The molecule has 0 bridgehead atoms. The average molecular weight is 524 g/mol. The third-order valence-corrected chi connectivity index (χ3v) is 4.68. The maximum absolute atomic E-state index is 9.59. The Balaban J connectivity index is 0.000000493. The number of nitrogens with zero attached hydrogens (tertiary/aromatic N) is 2. The molecule has 2 heterocycles. The van der Waals surface area contributed by atoms with Crippen molar-refractivity contribution in [1.82, 2.24) is 9.97 Å². The summed E-state index contributed by atoms with van der Waals surface area (Å²) in [5.41, 5.74) is 2.37. The van der Waals surface area contributed by atoms with Gasteiger partial charge < -0.3 is 34.1 Å². The number of ether oxygens (including phenoxy) is 5. The number of nitrogens with one attached hydrogen (secondary N) is 1. The lowest BCUT2D eigenvalue weighted by Gasteiger charge is -2.16. The lowest BCUT2D eigenvalue weighted by Crippen LogP contribution is -2.15. The lowest BCUT2D eigenvalue weighted by molar-refractivity contribution is -0.131. The zero-order valence-electron chi connectivity index (χ0n) is 19.8. The number of carboxylic acid groups (broad SMARTS) is 1. The quantitative estimate of drug-likeness (QED) is 0.220. The number of terminal acetylenes is 1. The van der Waals surface area contributed by atoms with Gasteiger partial charge in [0.2, 0.25) is 0 Å². The van der Waals surface area contributed by atoms with E-state index in [1.807, 2.05) is 36.4 Å². The van der Waals surface area contributed by atoms with Gasteiger partial charge in [0, 0.05) is 22.7 Å². The van der Waals surface area contributed by atoms with E-state index in [1.54, 1.807) is 0 Å². The number of aliphatic carboxylic acids is 1. The topological polar surface area (TPSA) is 138 Å². The van der Waals surface area contributed by atoms with Crippen molar-refractivity contribution in [1.29, 1.82) is 0 Å². The standard InChI is InChI=1S/C22H21N3O4.C4H4O4.CH4/c1-2-16-4-3-5-17(12-16)25-22-18-13-20-21(14-19(18)23-15-24-22)29-11-9-27-7-6-26-8-10-28-20;5-3-8-2-1-4(6)7;/h1,3-5,12-15H,6-11H2,(H,23,24,25);1-3H,(H,6,7);1H4/b;2-1-;. The highest BCUT2D eigenvalue weighted by Crippen LogP contribution is 2.35. The zero-order chi connectivity index (χ0) is 26.3. The van der Waals surface area contributed by atoms with E-state index in [0.29, 0.717) is 63.0 Å². The van der Waals surface area contributed by atoms with Crippen LogP contribution in [-0.4, -0.2) is 67.2 Å². The van der Waals surface area contributed by atoms with Gasteiger partial charge in [-0.25, -0.2) is 14.8 Å². The minimum atomic E-state index is -1.15. The molecule has 200 valence electrons. The number of carbonyl (C=O) groups excluding carboxylic acids is 1. The molecule has 0 saturated heterocycles. The Morgan fingerprint density at radius 1 is 1.03 bits per heavy atom. The lowest BCUT2D eigenvalue weighted by atomic mass is 10.2. The first-order valence-corrected chi connectivity index (χ1v) is 11.1. The summed E-state index contributed by atoms with van der Waals surface area (Å²) in [6.45, 7) is 2.97. The molecule has 0 saturated carbocycles. The van der Waals surface area contributed by atoms with Crippen molar-refractivity contribution in [2.45, 2.75) is 7.43 Å². The fourth-order valence-electron chi connectivity index (χ4n) is 3.09. The van der Waals surface area contributed by atoms with Gasteiger partial charge in [-0.3, -0.25) is 4.79 Å². The largest absolute Gasteiger partial charge is 0.487 e. The van der Waals surface area contributed by atoms with E-state index >= 15 is 0 Å². The summed E-state index contributed by atoms with van der Waals surface area (Å²) in [6, 6.07) is 11.3. The molecule has 0 fully saturated rings. The highest BCUT2D eigenvalue weighted by Gasteiger charge is 2.13. The fraction of sp³-hybridized carbons (Fsp3) is 0.259. The van der Waals surface area contributed by atoms with Gasteiger partial charge in [0.15, 0.2) is 11.5 Å². The molecule has 0 spiro atoms. The number of hydrogen-bond acceptors (Lipinski definition) is 10. The van der Waals surface area contributed by atoms with Crippen molar-refractivity contribution in [3.63, 3.8) is 0 Å². The van der Waals surface area contributed by atoms with Gasteiger partial charge in [0.05, 0.1) is 38.0 Å². The Kier molecular flexibility index (Phi) is 12.6. The fourth-order valence-corrected chi connectivity index (χ4v) is 3.09. The minimum absolute atomic E-state index is 0. The van der Waals surface area contributed by atoms with Crippen LogP contribution in [0.3, 0.4) is 0 Å². The monoisotopic (exact) mass is 523 g/mol. The maximum atomic E-state index is 9.59. The second kappa shape index (κ2) is 16.2. The van der Waals surface area contributed by atoms with Crippen LogP contribution in [0.25, 0.3) is 10.9 Å². The van der Waals surface area contributed by atoms with Gasteiger partial charge in [-0.05, 0) is 24.3 Å². The molecular weight excluding hydrogens is 494 g/mol. The summed E-state index contributed by atoms with van der Waals surface area (Å²) >= 11 is 0. The highest BCUT2D eigenvalue weighted by atomic mass is 16.6. The van der Waals surface area contributed by atoms with Crippen LogP contribution in [0.5, 0.6) is 11.5 Å². The van der Waals surface area contributed by atoms with E-state index in [0.717, 1.165) is 28.4 Å². The number of carboxylic acids is 1. The van der Waals surface area contributed by atoms with Crippen LogP contribution in [0.1, 0.15) is 13.0 Å². The van der Waals surface area contributed by atoms with Gasteiger partial charge in [0.25, 0.3) is 6.47 Å². The molecule has 11 nitrogen and oxygen atoms in total. The first kappa shape index (κ1) is 29.6. The second-order valence-corrected chi connectivity index (χ2v) is 7.18. The van der Waals surface area contributed by atoms with E-state index in [-0.39, 0.29) is 13.9 Å². The summed E-state index contributed by atoms with van der Waals surface area (Å²) in [5, 5.41) is 12.0. The number of rotatable bonds is 5. The summed E-state index contributed by atoms with van der Waals surface area (Å²) in [4.78, 5) is 27.7. The van der Waals surface area contributed by atoms with Gasteiger partial charge in [-0.2, -0.15) is 0 Å². The van der Waals surface area contributed by atoms with Gasteiger partial charge >= 0.3 is 5.97 Å². The molecule has 0 unspecified atom stereocenters. The van der Waals surface area contributed by atoms with Crippen LogP contribution in [0.4, 0.5) is 11.5 Å². The van der Waals surface area contributed by atoms with Crippen LogP contribution in [0.15, 0.2) is 55.1 Å². The average Bonchev–Trinajstić information content (AvgIpc) is 2.89. The third-order valence-electron chi connectivity index (χ3n) is 4.68. The van der Waals surface area contributed by atoms with E-state index in [1.165, 1.54) is 6.33 Å². The van der Waals surface area contributed by atoms with Crippen molar-refractivity contribution < 1.29 is 38.4 Å². The van der Waals surface area contributed by atoms with Crippen LogP contribution >= 0.6 is 0 Å². The number of carbonyl (C=O) groups is 2. The summed E-state index contributed by atoms with van der Waals surface area (Å²) in [6.07, 6.45) is 8.51. The van der Waals surface area contributed by atoms with Crippen molar-refractivity contribution in [2.24, 2.45) is 0 Å². The van der Waals surface area contributed by atoms with Gasteiger partial charge in [-0.1, -0.05) is 19.4 Å².